The van der Waals surface area contributed by atoms with Gasteiger partial charge in [-0.25, -0.2) is 13.6 Å². The fourth-order valence-corrected chi connectivity index (χ4v) is 12.4. The van der Waals surface area contributed by atoms with Crippen LogP contribution in [0.4, 0.5) is 14.5 Å². The molecule has 0 radical (unpaired) electrons. The van der Waals surface area contributed by atoms with Gasteiger partial charge in [-0.15, -0.1) is 0 Å². The van der Waals surface area contributed by atoms with Crippen LogP contribution in [0.5, 0.6) is 5.75 Å². The molecule has 330 valence electrons. The number of aliphatic hydroxyl groups excluding tert-OH is 1. The van der Waals surface area contributed by atoms with Gasteiger partial charge in [-0.3, -0.25) is 19.2 Å². The number of ether oxygens (including phenoxy) is 3. The molecule has 6 aliphatic rings. The Morgan fingerprint density at radius 2 is 1.77 bits per heavy atom. The monoisotopic (exact) mass is 855 g/mol. The molecule has 62 heavy (non-hydrogen) atoms. The van der Waals surface area contributed by atoms with E-state index < -0.39 is 81.2 Å². The summed E-state index contributed by atoms with van der Waals surface area (Å²) in [5.41, 5.74) is -5.63. The summed E-state index contributed by atoms with van der Waals surface area (Å²) >= 11 is 0. The van der Waals surface area contributed by atoms with Crippen molar-refractivity contribution in [2.24, 2.45) is 22.7 Å². The molecule has 0 amide bonds. The Hall–Kier alpha value is -4.95. The number of methoxy groups -OCH3 is 1. The average Bonchev–Trinajstić information content (AvgIpc) is 4.05. The van der Waals surface area contributed by atoms with Gasteiger partial charge < -0.3 is 34.1 Å². The fourth-order valence-electron chi connectivity index (χ4n) is 12.4. The zero-order valence-corrected chi connectivity index (χ0v) is 35.8. The number of carbonyl (C=O) groups excluding carboxylic acids is 4. The van der Waals surface area contributed by atoms with Crippen molar-refractivity contribution >= 4 is 40.1 Å². The second-order valence-corrected chi connectivity index (χ2v) is 19.1. The normalized spacial score (nSPS) is 32.9. The minimum absolute atomic E-state index is 0.000000119. The Bertz CT molecular complexity index is 2450. The van der Waals surface area contributed by atoms with Crippen LogP contribution in [-0.2, 0) is 30.3 Å². The summed E-state index contributed by atoms with van der Waals surface area (Å²) in [7, 11) is 1.43. The third kappa shape index (κ3) is 6.44. The van der Waals surface area contributed by atoms with Crippen molar-refractivity contribution in [3.8, 4) is 5.75 Å². The minimum Gasteiger partial charge on any atom is -0.492 e. The number of rotatable bonds is 10. The summed E-state index contributed by atoms with van der Waals surface area (Å²) in [5, 5.41) is 15.3. The molecule has 1 aromatic heterocycles. The van der Waals surface area contributed by atoms with Crippen LogP contribution in [0.1, 0.15) is 101 Å². The Morgan fingerprint density at radius 3 is 2.48 bits per heavy atom. The van der Waals surface area contributed by atoms with Gasteiger partial charge in [0.1, 0.15) is 16.9 Å². The molecule has 1 unspecified atom stereocenters. The fraction of sp³-hybridized carbons (Fsp3) is 0.562. The molecule has 3 aromatic rings. The molecular weight excluding hydrogens is 801 g/mol. The Kier molecular flexibility index (Phi) is 10.5. The van der Waals surface area contributed by atoms with Crippen LogP contribution in [0.25, 0.3) is 10.9 Å². The van der Waals surface area contributed by atoms with Gasteiger partial charge >= 0.3 is 11.9 Å². The Morgan fingerprint density at radius 1 is 1.02 bits per heavy atom. The second-order valence-electron chi connectivity index (χ2n) is 19.1. The number of alkyl halides is 1. The first kappa shape index (κ1) is 42.4. The molecule has 5 fully saturated rings. The number of hydrogen-bond acceptors (Lipinski definition) is 11. The van der Waals surface area contributed by atoms with E-state index in [9.17, 15) is 29.1 Å². The van der Waals surface area contributed by atoms with Crippen molar-refractivity contribution in [1.82, 2.24) is 9.88 Å². The number of aromatic nitrogens is 1. The lowest BCUT2D eigenvalue weighted by Crippen LogP contribution is -2.70. The number of esters is 2. The number of hydrogen-bond donors (Lipinski definition) is 2. The molecule has 14 heteroatoms. The number of ketones is 2. The van der Waals surface area contributed by atoms with E-state index in [1.54, 1.807) is 42.7 Å². The van der Waals surface area contributed by atoms with Crippen molar-refractivity contribution in [2.45, 2.75) is 114 Å². The summed E-state index contributed by atoms with van der Waals surface area (Å²) in [6, 6.07) is 10.0. The van der Waals surface area contributed by atoms with E-state index in [0.29, 0.717) is 55.5 Å². The van der Waals surface area contributed by atoms with Crippen molar-refractivity contribution in [3.63, 3.8) is 0 Å². The van der Waals surface area contributed by atoms with Crippen molar-refractivity contribution < 1.29 is 47.3 Å². The molecule has 2 aromatic carbocycles. The highest BCUT2D eigenvalue weighted by molar-refractivity contribution is 6.00. The number of benzene rings is 2. The van der Waals surface area contributed by atoms with Crippen molar-refractivity contribution in [2.75, 3.05) is 38.3 Å². The zero-order valence-electron chi connectivity index (χ0n) is 35.8. The highest BCUT2D eigenvalue weighted by Gasteiger charge is 2.75. The lowest BCUT2D eigenvalue weighted by atomic mass is 9.44. The molecule has 9 rings (SSSR count). The van der Waals surface area contributed by atoms with Gasteiger partial charge in [0.25, 0.3) is 0 Å². The minimum atomic E-state index is -2.11. The van der Waals surface area contributed by atoms with Gasteiger partial charge in [-0.2, -0.15) is 0 Å². The molecule has 5 aliphatic carbocycles. The number of allylic oxidation sites excluding steroid dienone is 1. The molecule has 0 bridgehead atoms. The molecular formula is C48H55F2N3O9. The van der Waals surface area contributed by atoms with Gasteiger partial charge in [0.15, 0.2) is 29.6 Å². The first-order chi connectivity index (χ1) is 29.6. The molecule has 2 heterocycles. The lowest BCUT2D eigenvalue weighted by Gasteiger charge is -2.63. The number of Topliss-reactive ketones (excluding diaryl/α,β-unsaturated/α-hetero) is 1. The number of pyridine rings is 1. The largest absolute Gasteiger partial charge is 0.492 e. The van der Waals surface area contributed by atoms with E-state index in [2.05, 4.69) is 5.32 Å². The highest BCUT2D eigenvalue weighted by atomic mass is 19.1. The molecule has 12 nitrogen and oxygen atoms in total. The summed E-state index contributed by atoms with van der Waals surface area (Å²) in [5.74, 6) is -4.32. The van der Waals surface area contributed by atoms with Crippen LogP contribution in [0.15, 0.2) is 59.0 Å². The summed E-state index contributed by atoms with van der Waals surface area (Å²) in [6.07, 6.45) is 3.99. The van der Waals surface area contributed by atoms with Crippen LogP contribution >= 0.6 is 0 Å². The quantitative estimate of drug-likeness (QED) is 0.227. The van der Waals surface area contributed by atoms with Crippen LogP contribution < -0.4 is 20.4 Å². The number of carbonyl (C=O) groups is 4. The van der Waals surface area contributed by atoms with Crippen LogP contribution in [0.3, 0.4) is 0 Å². The standard InChI is InChI=1S/C48H55F2N3O9/c1-27-24-52(19-18-51-27)41-36(49)22-32-40(43(41)60-4)53(30-11-12-30)25-33(42(32)58)44(59)61-26-38(56)47(62-39(57)20-28-8-6-5-7-9-28)17-15-34-35-13-10-29-21-31(54)14-16-45(29,2)48(35,50)37(55)23-46(34,47)3/h5-9,21-22,25,27,30,34-35,37,51,55H,10-20,23-24,26H2,1-4H3/t27?,34-,35-,37-,45-,46-,47-,48-/m0/s1. The third-order valence-corrected chi connectivity index (χ3v) is 15.7. The SMILES string of the molecule is COc1c(N2CCNC(C)C2)c(F)cc2c(=O)c(C(=O)OCC(=O)[C@@]3(OC(=O)Cc4ccccc4)CC[C@H]4[C@@H]5CCC6=CC(=O)CC[C@]6(C)[C@@]5(F)[C@@H](O)C[C@@]43C)cn(C3CC3)c12. The van der Waals surface area contributed by atoms with Gasteiger partial charge in [0.2, 0.25) is 11.2 Å². The number of halogens is 2. The van der Waals surface area contributed by atoms with Crippen LogP contribution in [0, 0.1) is 28.5 Å². The van der Waals surface area contributed by atoms with Gasteiger partial charge in [-0.1, -0.05) is 49.8 Å². The molecule has 0 spiro atoms. The Balaban J connectivity index is 1.05. The first-order valence-electron chi connectivity index (χ1n) is 22.1. The van der Waals surface area contributed by atoms with Crippen molar-refractivity contribution in [3.05, 3.63) is 81.4 Å². The van der Waals surface area contributed by atoms with Gasteiger partial charge in [0, 0.05) is 61.1 Å². The van der Waals surface area contributed by atoms with Crippen LogP contribution in [-0.4, -0.2) is 89.9 Å². The third-order valence-electron chi connectivity index (χ3n) is 15.7. The number of anilines is 1. The second kappa shape index (κ2) is 15.4. The molecule has 1 aliphatic heterocycles. The Labute approximate surface area is 359 Å². The van der Waals surface area contributed by atoms with E-state index in [4.69, 9.17) is 14.2 Å². The number of aliphatic hydroxyl groups is 1. The molecule has 4 saturated carbocycles. The van der Waals surface area contributed by atoms with E-state index in [0.717, 1.165) is 18.9 Å². The number of nitrogens with one attached hydrogen (secondary N) is 1. The van der Waals surface area contributed by atoms with Gasteiger partial charge in [0.05, 0.1) is 30.5 Å². The lowest BCUT2D eigenvalue weighted by molar-refractivity contribution is -0.232. The molecule has 1 saturated heterocycles. The van der Waals surface area contributed by atoms with E-state index >= 15 is 8.78 Å². The number of piperazine rings is 1. The highest BCUT2D eigenvalue weighted by Crippen LogP contribution is 2.71. The predicted molar refractivity (Wildman–Crippen MR) is 225 cm³/mol. The summed E-state index contributed by atoms with van der Waals surface area (Å²) < 4.78 is 53.8. The number of fused-ring (bicyclic) bond motifs is 6. The van der Waals surface area contributed by atoms with E-state index in [1.165, 1.54) is 19.4 Å². The topological polar surface area (TPSA) is 153 Å². The van der Waals surface area contributed by atoms with Crippen LogP contribution in [0.2, 0.25) is 0 Å². The van der Waals surface area contributed by atoms with Crippen molar-refractivity contribution in [1.29, 1.82) is 0 Å². The summed E-state index contributed by atoms with van der Waals surface area (Å²) in [4.78, 5) is 71.4. The summed E-state index contributed by atoms with van der Waals surface area (Å²) in [6.45, 7) is 6.33. The molecule has 8 atom stereocenters. The molecule has 2 N–H and O–H groups in total. The van der Waals surface area contributed by atoms with E-state index in [1.807, 2.05) is 17.9 Å². The maximum Gasteiger partial charge on any atom is 0.344 e. The zero-order chi connectivity index (χ0) is 43.9. The maximum absolute atomic E-state index is 18.0. The van der Waals surface area contributed by atoms with E-state index in [-0.39, 0.29) is 66.8 Å². The number of nitrogens with zero attached hydrogens (tertiary/aromatic N) is 2. The smallest absolute Gasteiger partial charge is 0.344 e. The first-order valence-corrected chi connectivity index (χ1v) is 22.1. The maximum atomic E-state index is 18.0. The van der Waals surface area contributed by atoms with Gasteiger partial charge in [-0.05, 0) is 81.9 Å². The predicted octanol–water partition coefficient (Wildman–Crippen LogP) is 6.13. The average molecular weight is 856 g/mol.